The Kier molecular flexibility index (Phi) is 3.88. The van der Waals surface area contributed by atoms with Gasteiger partial charge in [-0.15, -0.1) is 0 Å². The van der Waals surface area contributed by atoms with Crippen LogP contribution in [0.25, 0.3) is 0 Å². The molecule has 2 nitrogen and oxygen atoms in total. The summed E-state index contributed by atoms with van der Waals surface area (Å²) in [5.41, 5.74) is 0.120. The fourth-order valence-electron chi connectivity index (χ4n) is 0.571. The van der Waals surface area contributed by atoms with Crippen LogP contribution in [0.1, 0.15) is 0 Å². The molecule has 0 atom stereocenters. The third-order valence-corrected chi connectivity index (χ3v) is 1.16. The average molecular weight is 155 g/mol. The topological polar surface area (TPSA) is 20.3 Å². The number of carbonyl (C=O) groups excluding carboxylic acids is 1. The summed E-state index contributed by atoms with van der Waals surface area (Å²) in [5.74, 6) is -0.561. The minimum Gasteiger partial charge on any atom is -0.315 e. The smallest absolute Gasteiger partial charge is 0.213 e. The summed E-state index contributed by atoms with van der Waals surface area (Å²) in [4.78, 5) is 11.3. The van der Waals surface area contributed by atoms with E-state index in [0.29, 0.717) is 6.41 Å². The van der Waals surface area contributed by atoms with Crippen LogP contribution in [-0.2, 0) is 4.79 Å². The maximum Gasteiger partial charge on any atom is 0.213 e. The summed E-state index contributed by atoms with van der Waals surface area (Å²) in [5, 5.41) is 0. The van der Waals surface area contributed by atoms with Crippen LogP contribution in [-0.4, -0.2) is 18.4 Å². The van der Waals surface area contributed by atoms with Crippen molar-refractivity contribution in [3.05, 3.63) is 36.8 Å². The summed E-state index contributed by atoms with van der Waals surface area (Å²) < 4.78 is 12.7. The van der Waals surface area contributed by atoms with E-state index >= 15 is 0 Å². The van der Waals surface area contributed by atoms with Gasteiger partial charge in [0.2, 0.25) is 6.41 Å². The molecule has 0 radical (unpaired) electrons. The van der Waals surface area contributed by atoms with Crippen molar-refractivity contribution in [3.63, 3.8) is 0 Å². The van der Waals surface area contributed by atoms with E-state index in [1.165, 1.54) is 13.1 Å². The molecule has 0 N–H and O–H groups in total. The molecule has 0 aromatic carbocycles. The van der Waals surface area contributed by atoms with Crippen LogP contribution in [0.15, 0.2) is 36.8 Å². The van der Waals surface area contributed by atoms with Crippen molar-refractivity contribution in [3.8, 4) is 0 Å². The van der Waals surface area contributed by atoms with Gasteiger partial charge in [0.25, 0.3) is 0 Å². The lowest BCUT2D eigenvalue weighted by atomic mass is 10.3. The molecule has 0 fully saturated rings. The molecule has 1 amide bonds. The molecule has 0 aliphatic carbocycles. The van der Waals surface area contributed by atoms with Gasteiger partial charge >= 0.3 is 0 Å². The van der Waals surface area contributed by atoms with Crippen LogP contribution in [0.2, 0.25) is 0 Å². The van der Waals surface area contributed by atoms with E-state index < -0.39 is 5.83 Å². The van der Waals surface area contributed by atoms with E-state index in [9.17, 15) is 9.18 Å². The first-order valence-electron chi connectivity index (χ1n) is 3.00. The molecule has 0 saturated heterocycles. The second kappa shape index (κ2) is 4.44. The predicted octanol–water partition coefficient (Wildman–Crippen LogP) is 1.63. The van der Waals surface area contributed by atoms with E-state index in [1.54, 1.807) is 0 Å². The number of likely N-dealkylation sites (N-methyl/N-ethyl adjacent to an activating group) is 1. The molecule has 0 aromatic rings. The number of rotatable bonds is 4. The zero-order valence-electron chi connectivity index (χ0n) is 6.38. The number of hydrogen-bond acceptors (Lipinski definition) is 1. The molecule has 0 bridgehead atoms. The largest absolute Gasteiger partial charge is 0.315 e. The molecule has 0 aromatic heterocycles. The van der Waals surface area contributed by atoms with E-state index in [2.05, 4.69) is 13.2 Å². The monoisotopic (exact) mass is 155 g/mol. The Bertz CT molecular complexity index is 208. The van der Waals surface area contributed by atoms with Crippen LogP contribution < -0.4 is 0 Å². The molecule has 0 spiro atoms. The van der Waals surface area contributed by atoms with Gasteiger partial charge in [-0.2, -0.15) is 0 Å². The fraction of sp³-hybridized carbons (Fsp3) is 0.125. The van der Waals surface area contributed by atoms with Gasteiger partial charge in [-0.1, -0.05) is 13.2 Å². The van der Waals surface area contributed by atoms with Crippen molar-refractivity contribution in [2.75, 3.05) is 7.05 Å². The number of amides is 1. The van der Waals surface area contributed by atoms with E-state index in [4.69, 9.17) is 0 Å². The second-order valence-electron chi connectivity index (χ2n) is 1.86. The van der Waals surface area contributed by atoms with Gasteiger partial charge in [-0.05, 0) is 12.2 Å². The van der Waals surface area contributed by atoms with E-state index in [1.807, 2.05) is 0 Å². The van der Waals surface area contributed by atoms with Crippen molar-refractivity contribution in [1.29, 1.82) is 0 Å². The van der Waals surface area contributed by atoms with Crippen molar-refractivity contribution in [2.24, 2.45) is 0 Å². The summed E-state index contributed by atoms with van der Waals surface area (Å²) in [6, 6.07) is 0. The first kappa shape index (κ1) is 9.62. The Labute approximate surface area is 65.3 Å². The number of carbonyl (C=O) groups is 1. The van der Waals surface area contributed by atoms with Crippen LogP contribution >= 0.6 is 0 Å². The first-order valence-corrected chi connectivity index (χ1v) is 3.00. The lowest BCUT2D eigenvalue weighted by Crippen LogP contribution is -2.14. The lowest BCUT2D eigenvalue weighted by Gasteiger charge is -2.10. The second-order valence-corrected chi connectivity index (χ2v) is 1.86. The maximum atomic E-state index is 12.7. The lowest BCUT2D eigenvalue weighted by molar-refractivity contribution is -0.115. The molecule has 0 heterocycles. The van der Waals surface area contributed by atoms with Crippen LogP contribution in [0.4, 0.5) is 4.39 Å². The molecule has 0 unspecified atom stereocenters. The van der Waals surface area contributed by atoms with Gasteiger partial charge in [0.1, 0.15) is 5.83 Å². The molecular formula is C8H10FNO. The third-order valence-electron chi connectivity index (χ3n) is 1.16. The summed E-state index contributed by atoms with van der Waals surface area (Å²) in [7, 11) is 1.44. The van der Waals surface area contributed by atoms with Gasteiger partial charge in [0.05, 0.1) is 5.70 Å². The van der Waals surface area contributed by atoms with E-state index in [0.717, 1.165) is 11.0 Å². The quantitative estimate of drug-likeness (QED) is 0.446. The van der Waals surface area contributed by atoms with Crippen molar-refractivity contribution in [2.45, 2.75) is 0 Å². The van der Waals surface area contributed by atoms with Gasteiger partial charge < -0.3 is 4.90 Å². The predicted molar refractivity (Wildman–Crippen MR) is 42.4 cm³/mol. The van der Waals surface area contributed by atoms with Crippen LogP contribution in [0, 0.1) is 0 Å². The van der Waals surface area contributed by atoms with E-state index in [-0.39, 0.29) is 5.70 Å². The molecular weight excluding hydrogens is 145 g/mol. The molecule has 3 heteroatoms. The van der Waals surface area contributed by atoms with Crippen molar-refractivity contribution < 1.29 is 9.18 Å². The zero-order chi connectivity index (χ0) is 8.85. The maximum absolute atomic E-state index is 12.7. The first-order chi connectivity index (χ1) is 5.17. The summed E-state index contributed by atoms with van der Waals surface area (Å²) >= 11 is 0. The number of allylic oxidation sites excluding steroid dienone is 3. The molecule has 0 aliphatic heterocycles. The van der Waals surface area contributed by atoms with Crippen LogP contribution in [0.3, 0.4) is 0 Å². The highest BCUT2D eigenvalue weighted by atomic mass is 19.1. The van der Waals surface area contributed by atoms with Gasteiger partial charge in [0, 0.05) is 7.05 Å². The molecule has 0 saturated carbocycles. The highest BCUT2D eigenvalue weighted by molar-refractivity contribution is 5.53. The molecule has 11 heavy (non-hydrogen) atoms. The SMILES string of the molecule is C=C/C(F)=C(\C=C)N(C)C=O. The minimum atomic E-state index is -0.561. The van der Waals surface area contributed by atoms with Gasteiger partial charge in [-0.3, -0.25) is 4.79 Å². The Morgan fingerprint density at radius 2 is 2.00 bits per heavy atom. The Hall–Kier alpha value is -1.38. The number of hydrogen-bond donors (Lipinski definition) is 0. The molecule has 60 valence electrons. The fourth-order valence-corrected chi connectivity index (χ4v) is 0.571. The van der Waals surface area contributed by atoms with Gasteiger partial charge in [0.15, 0.2) is 0 Å². The summed E-state index contributed by atoms with van der Waals surface area (Å²) in [6.07, 6.45) is 2.78. The van der Waals surface area contributed by atoms with Crippen molar-refractivity contribution in [1.82, 2.24) is 4.90 Å². The number of halogens is 1. The number of nitrogens with zero attached hydrogens (tertiary/aromatic N) is 1. The Morgan fingerprint density at radius 1 is 1.45 bits per heavy atom. The zero-order valence-corrected chi connectivity index (χ0v) is 6.38. The third kappa shape index (κ3) is 2.37. The van der Waals surface area contributed by atoms with Crippen molar-refractivity contribution >= 4 is 6.41 Å². The van der Waals surface area contributed by atoms with Crippen LogP contribution in [0.5, 0.6) is 0 Å². The minimum absolute atomic E-state index is 0.120. The highest BCUT2D eigenvalue weighted by Gasteiger charge is 2.03. The average Bonchev–Trinajstić information content (AvgIpc) is 2.05. The molecule has 0 rings (SSSR count). The Balaban J connectivity index is 4.77. The summed E-state index contributed by atoms with van der Waals surface area (Å²) in [6.45, 7) is 6.58. The normalized spacial score (nSPS) is 11.5. The standard InChI is InChI=1S/C8H10FNO/c1-4-7(9)8(5-2)10(3)6-11/h4-6H,1-2H2,3H3/b8-7-. The van der Waals surface area contributed by atoms with Gasteiger partial charge in [-0.25, -0.2) is 4.39 Å². The molecule has 0 aliphatic rings. The highest BCUT2D eigenvalue weighted by Crippen LogP contribution is 2.10. The Morgan fingerprint density at radius 3 is 2.27 bits per heavy atom.